The Labute approximate surface area is 148 Å². The summed E-state index contributed by atoms with van der Waals surface area (Å²) in [6.45, 7) is 1.85. The van der Waals surface area contributed by atoms with Gasteiger partial charge in [0.05, 0.1) is 6.21 Å². The molecule has 0 aliphatic rings. The van der Waals surface area contributed by atoms with Crippen LogP contribution in [0.4, 0.5) is 5.69 Å². The average Bonchev–Trinajstić information content (AvgIpc) is 2.57. The van der Waals surface area contributed by atoms with Crippen molar-refractivity contribution in [2.45, 2.75) is 6.92 Å². The molecule has 2 amide bonds. The van der Waals surface area contributed by atoms with E-state index in [0.29, 0.717) is 5.69 Å². The lowest BCUT2D eigenvalue weighted by molar-refractivity contribution is -0.136. The van der Waals surface area contributed by atoms with E-state index < -0.39 is 11.8 Å². The molecular weight excluding hydrogens is 370 g/mol. The van der Waals surface area contributed by atoms with Crippen LogP contribution in [0.5, 0.6) is 0 Å². The molecule has 0 atom stereocenters. The Morgan fingerprint density at radius 2 is 1.67 bits per heavy atom. The molecule has 2 aromatic rings. The highest BCUT2D eigenvalue weighted by molar-refractivity contribution is 9.10. The third-order valence-electron chi connectivity index (χ3n) is 2.94. The fraction of sp³-hybridized carbons (Fsp3) is 0.0556. The first-order chi connectivity index (χ1) is 11.5. The van der Waals surface area contributed by atoms with E-state index in [9.17, 15) is 9.59 Å². The van der Waals surface area contributed by atoms with Crippen molar-refractivity contribution in [2.75, 3.05) is 5.32 Å². The number of carbonyl (C=O) groups excluding carboxylic acids is 2. The monoisotopic (exact) mass is 385 g/mol. The van der Waals surface area contributed by atoms with Crippen LogP contribution in [0.25, 0.3) is 6.08 Å². The number of amides is 2. The lowest BCUT2D eigenvalue weighted by atomic mass is 10.1. The third-order valence-corrected chi connectivity index (χ3v) is 3.47. The van der Waals surface area contributed by atoms with Crippen LogP contribution in [0.3, 0.4) is 0 Å². The molecule has 0 aromatic heterocycles. The minimum absolute atomic E-state index is 0.530. The van der Waals surface area contributed by atoms with Crippen molar-refractivity contribution in [1.29, 1.82) is 0 Å². The molecule has 2 rings (SSSR count). The molecule has 0 spiro atoms. The fourth-order valence-electron chi connectivity index (χ4n) is 1.81. The normalized spacial score (nSPS) is 11.3. The molecule has 0 aliphatic heterocycles. The van der Waals surface area contributed by atoms with E-state index in [1.807, 2.05) is 43.3 Å². The average molecular weight is 386 g/mol. The van der Waals surface area contributed by atoms with Crippen LogP contribution < -0.4 is 10.7 Å². The molecular formula is C18H16BrN3O2. The van der Waals surface area contributed by atoms with Gasteiger partial charge in [-0.25, -0.2) is 5.43 Å². The van der Waals surface area contributed by atoms with Crippen molar-refractivity contribution in [2.24, 2.45) is 5.10 Å². The van der Waals surface area contributed by atoms with Gasteiger partial charge in [-0.2, -0.15) is 5.10 Å². The van der Waals surface area contributed by atoms with E-state index in [2.05, 4.69) is 31.8 Å². The maximum atomic E-state index is 11.7. The molecule has 0 fully saturated rings. The first kappa shape index (κ1) is 17.6. The minimum Gasteiger partial charge on any atom is -0.318 e. The Morgan fingerprint density at radius 3 is 2.33 bits per heavy atom. The first-order valence-electron chi connectivity index (χ1n) is 7.18. The summed E-state index contributed by atoms with van der Waals surface area (Å²) in [5.74, 6) is -1.61. The van der Waals surface area contributed by atoms with Gasteiger partial charge in [-0.1, -0.05) is 52.3 Å². The maximum Gasteiger partial charge on any atom is 0.329 e. The number of hydrazone groups is 1. The number of carbonyl (C=O) groups is 2. The van der Waals surface area contributed by atoms with Crippen LogP contribution >= 0.6 is 15.9 Å². The number of nitrogens with zero attached hydrogens (tertiary/aromatic N) is 1. The molecule has 122 valence electrons. The molecule has 24 heavy (non-hydrogen) atoms. The van der Waals surface area contributed by atoms with E-state index >= 15 is 0 Å². The van der Waals surface area contributed by atoms with Crippen molar-refractivity contribution in [3.05, 3.63) is 70.2 Å². The summed E-state index contributed by atoms with van der Waals surface area (Å²) in [6.07, 6.45) is 3.40. The predicted molar refractivity (Wildman–Crippen MR) is 99.5 cm³/mol. The molecule has 0 saturated heterocycles. The second kappa shape index (κ2) is 8.79. The number of hydrogen-bond acceptors (Lipinski definition) is 3. The Hall–Kier alpha value is -2.73. The lowest BCUT2D eigenvalue weighted by Gasteiger charge is -2.03. The Balaban J connectivity index is 1.86. The highest BCUT2D eigenvalue weighted by Crippen LogP contribution is 2.13. The molecule has 0 saturated carbocycles. The highest BCUT2D eigenvalue weighted by atomic mass is 79.9. The van der Waals surface area contributed by atoms with Crippen LogP contribution in [0.2, 0.25) is 0 Å². The number of hydrogen-bond donors (Lipinski definition) is 2. The summed E-state index contributed by atoms with van der Waals surface area (Å²) >= 11 is 3.30. The summed E-state index contributed by atoms with van der Waals surface area (Å²) < 4.78 is 0.884. The largest absolute Gasteiger partial charge is 0.329 e. The van der Waals surface area contributed by atoms with Gasteiger partial charge in [-0.05, 0) is 42.3 Å². The number of rotatable bonds is 4. The zero-order valence-corrected chi connectivity index (χ0v) is 14.6. The third kappa shape index (κ3) is 5.81. The summed E-state index contributed by atoms with van der Waals surface area (Å²) in [5, 5.41) is 6.27. The predicted octanol–water partition coefficient (Wildman–Crippen LogP) is 3.59. The smallest absolute Gasteiger partial charge is 0.318 e. The Kier molecular flexibility index (Phi) is 6.45. The SMILES string of the molecule is CC(=C/c1ccccc1)/C=N/NC(=O)C(=O)Nc1ccc(Br)cc1. The van der Waals surface area contributed by atoms with Gasteiger partial charge >= 0.3 is 11.8 Å². The molecule has 6 heteroatoms. The van der Waals surface area contributed by atoms with Gasteiger partial charge in [0.2, 0.25) is 0 Å². The number of halogens is 1. The van der Waals surface area contributed by atoms with Gasteiger partial charge < -0.3 is 5.32 Å². The highest BCUT2D eigenvalue weighted by Gasteiger charge is 2.12. The molecule has 0 heterocycles. The van der Waals surface area contributed by atoms with Gasteiger partial charge in [0.15, 0.2) is 0 Å². The summed E-state index contributed by atoms with van der Waals surface area (Å²) in [4.78, 5) is 23.4. The Bertz CT molecular complexity index is 769. The maximum absolute atomic E-state index is 11.7. The fourth-order valence-corrected chi connectivity index (χ4v) is 2.08. The van der Waals surface area contributed by atoms with Crippen molar-refractivity contribution < 1.29 is 9.59 Å². The van der Waals surface area contributed by atoms with Gasteiger partial charge in [-0.3, -0.25) is 9.59 Å². The van der Waals surface area contributed by atoms with Crippen LogP contribution in [0.1, 0.15) is 12.5 Å². The zero-order valence-electron chi connectivity index (χ0n) is 13.0. The van der Waals surface area contributed by atoms with Crippen molar-refractivity contribution in [3.63, 3.8) is 0 Å². The summed E-state index contributed by atoms with van der Waals surface area (Å²) in [7, 11) is 0. The quantitative estimate of drug-likeness (QED) is 0.479. The second-order valence-corrected chi connectivity index (χ2v) is 5.87. The second-order valence-electron chi connectivity index (χ2n) is 4.96. The molecule has 0 radical (unpaired) electrons. The van der Waals surface area contributed by atoms with Crippen molar-refractivity contribution in [3.8, 4) is 0 Å². The summed E-state index contributed by atoms with van der Waals surface area (Å²) in [5.41, 5.74) is 4.60. The molecule has 0 aliphatic carbocycles. The summed E-state index contributed by atoms with van der Waals surface area (Å²) in [6, 6.07) is 16.6. The standard InChI is InChI=1S/C18H16BrN3O2/c1-13(11-14-5-3-2-4-6-14)12-20-22-18(24)17(23)21-16-9-7-15(19)8-10-16/h2-12H,1H3,(H,21,23)(H,22,24)/b13-11-,20-12+. The van der Waals surface area contributed by atoms with Gasteiger partial charge in [0, 0.05) is 10.2 Å². The number of benzene rings is 2. The number of anilines is 1. The lowest BCUT2D eigenvalue weighted by Crippen LogP contribution is -2.32. The molecule has 0 bridgehead atoms. The van der Waals surface area contributed by atoms with E-state index in [-0.39, 0.29) is 0 Å². The molecule has 2 aromatic carbocycles. The van der Waals surface area contributed by atoms with E-state index in [0.717, 1.165) is 15.6 Å². The van der Waals surface area contributed by atoms with Crippen LogP contribution in [0, 0.1) is 0 Å². The van der Waals surface area contributed by atoms with Crippen molar-refractivity contribution >= 4 is 45.7 Å². The van der Waals surface area contributed by atoms with Crippen LogP contribution in [-0.4, -0.2) is 18.0 Å². The van der Waals surface area contributed by atoms with Crippen LogP contribution in [-0.2, 0) is 9.59 Å². The number of allylic oxidation sites excluding steroid dienone is 1. The molecule has 5 nitrogen and oxygen atoms in total. The first-order valence-corrected chi connectivity index (χ1v) is 7.97. The molecule has 2 N–H and O–H groups in total. The van der Waals surface area contributed by atoms with Crippen molar-refractivity contribution in [1.82, 2.24) is 5.43 Å². The number of nitrogens with one attached hydrogen (secondary N) is 2. The van der Waals surface area contributed by atoms with E-state index in [4.69, 9.17) is 0 Å². The van der Waals surface area contributed by atoms with Crippen LogP contribution in [0.15, 0.2) is 69.7 Å². The van der Waals surface area contributed by atoms with Gasteiger partial charge in [-0.15, -0.1) is 0 Å². The molecule has 0 unspecified atom stereocenters. The minimum atomic E-state index is -0.832. The van der Waals surface area contributed by atoms with Gasteiger partial charge in [0.1, 0.15) is 0 Å². The van der Waals surface area contributed by atoms with E-state index in [1.54, 1.807) is 24.3 Å². The Morgan fingerprint density at radius 1 is 1.00 bits per heavy atom. The van der Waals surface area contributed by atoms with Gasteiger partial charge in [0.25, 0.3) is 0 Å². The van der Waals surface area contributed by atoms with E-state index in [1.165, 1.54) is 6.21 Å². The zero-order chi connectivity index (χ0) is 17.4. The topological polar surface area (TPSA) is 70.6 Å².